The van der Waals surface area contributed by atoms with Crippen LogP contribution in [0, 0.1) is 18.6 Å². The second kappa shape index (κ2) is 8.29. The van der Waals surface area contributed by atoms with E-state index in [0.29, 0.717) is 28.8 Å². The van der Waals surface area contributed by atoms with E-state index in [0.717, 1.165) is 12.1 Å². The average molecular weight is 428 g/mol. The number of pyridine rings is 1. The van der Waals surface area contributed by atoms with Gasteiger partial charge in [0.05, 0.1) is 17.7 Å². The molecule has 8 heteroatoms. The van der Waals surface area contributed by atoms with E-state index in [-0.39, 0.29) is 11.1 Å². The summed E-state index contributed by atoms with van der Waals surface area (Å²) in [5, 5.41) is 12.2. The maximum Gasteiger partial charge on any atom is 0.405 e. The number of ether oxygens (including phenoxy) is 1. The molecule has 3 aromatic rings. The predicted octanol–water partition coefficient (Wildman–Crippen LogP) is 4.95. The Bertz CT molecular complexity index is 1170. The van der Waals surface area contributed by atoms with E-state index in [1.807, 2.05) is 0 Å². The maximum absolute atomic E-state index is 14.9. The molecule has 2 N–H and O–H groups in total. The molecule has 1 aromatic heterocycles. The molecule has 0 radical (unpaired) electrons. The van der Waals surface area contributed by atoms with Gasteiger partial charge in [-0.1, -0.05) is 12.1 Å². The van der Waals surface area contributed by atoms with Gasteiger partial charge < -0.3 is 15.2 Å². The molecule has 0 bridgehead atoms. The van der Waals surface area contributed by atoms with Crippen LogP contribution in [0.5, 0.6) is 5.88 Å². The average Bonchev–Trinajstić information content (AvgIpc) is 2.68. The number of hydrogen-bond donors (Lipinski definition) is 2. The largest absolute Gasteiger partial charge is 0.478 e. The van der Waals surface area contributed by atoms with Gasteiger partial charge in [0.2, 0.25) is 5.88 Å². The second-order valence-corrected chi connectivity index (χ2v) is 7.61. The van der Waals surface area contributed by atoms with Crippen LogP contribution in [-0.4, -0.2) is 28.6 Å². The van der Waals surface area contributed by atoms with Crippen molar-refractivity contribution < 1.29 is 28.2 Å². The van der Waals surface area contributed by atoms with E-state index < -0.39 is 34.6 Å². The molecule has 162 valence electrons. The Balaban J connectivity index is 2.15. The highest BCUT2D eigenvalue weighted by molar-refractivity contribution is 6.17. The highest BCUT2D eigenvalue weighted by atomic mass is 19.1. The van der Waals surface area contributed by atoms with Crippen molar-refractivity contribution in [1.29, 1.82) is 0 Å². The first-order valence-corrected chi connectivity index (χ1v) is 9.63. The van der Waals surface area contributed by atoms with E-state index in [1.54, 1.807) is 32.2 Å². The third kappa shape index (κ3) is 4.19. The highest BCUT2D eigenvalue weighted by Crippen LogP contribution is 2.32. The standard InChI is InChI=1S/C23H22F2N2O4/c1-5-31-21-15-8-6-7-14(18(15)12(2)11-26-21)20(28)19-16(24)9-13(10-17(19)25)23(3,4)27-22(29)30/h6-11,27H,5H2,1-4H3,(H,29,30). The van der Waals surface area contributed by atoms with Crippen molar-refractivity contribution in [3.8, 4) is 5.88 Å². The summed E-state index contributed by atoms with van der Waals surface area (Å²) in [6, 6.07) is 6.77. The summed E-state index contributed by atoms with van der Waals surface area (Å²) in [6.07, 6.45) is 0.205. The van der Waals surface area contributed by atoms with Gasteiger partial charge in [-0.25, -0.2) is 18.6 Å². The predicted molar refractivity (Wildman–Crippen MR) is 112 cm³/mol. The molecular weight excluding hydrogens is 406 g/mol. The molecule has 0 saturated heterocycles. The number of aryl methyl sites for hydroxylation is 1. The van der Waals surface area contributed by atoms with Crippen molar-refractivity contribution in [2.45, 2.75) is 33.2 Å². The SMILES string of the molecule is CCOc1ncc(C)c2c(C(=O)c3c(F)cc(C(C)(C)NC(=O)O)cc3F)cccc12. The number of benzene rings is 2. The number of amides is 1. The molecule has 0 aliphatic carbocycles. The third-order valence-corrected chi connectivity index (χ3v) is 5.00. The van der Waals surface area contributed by atoms with E-state index in [2.05, 4.69) is 10.3 Å². The molecule has 1 heterocycles. The number of carboxylic acid groups (broad SMARTS) is 1. The summed E-state index contributed by atoms with van der Waals surface area (Å²) in [7, 11) is 0. The smallest absolute Gasteiger partial charge is 0.405 e. The van der Waals surface area contributed by atoms with Gasteiger partial charge in [-0.05, 0) is 57.0 Å². The van der Waals surface area contributed by atoms with Gasteiger partial charge >= 0.3 is 6.09 Å². The summed E-state index contributed by atoms with van der Waals surface area (Å²) in [4.78, 5) is 28.4. The van der Waals surface area contributed by atoms with Gasteiger partial charge in [-0.2, -0.15) is 0 Å². The first kappa shape index (κ1) is 22.1. The lowest BCUT2D eigenvalue weighted by Gasteiger charge is -2.25. The number of hydrogen-bond acceptors (Lipinski definition) is 4. The van der Waals surface area contributed by atoms with Crippen LogP contribution in [0.4, 0.5) is 13.6 Å². The van der Waals surface area contributed by atoms with Gasteiger partial charge in [0.15, 0.2) is 5.78 Å². The fourth-order valence-corrected chi connectivity index (χ4v) is 3.51. The second-order valence-electron chi connectivity index (χ2n) is 7.61. The number of carbonyl (C=O) groups excluding carboxylic acids is 1. The monoisotopic (exact) mass is 428 g/mol. The fourth-order valence-electron chi connectivity index (χ4n) is 3.51. The zero-order valence-electron chi connectivity index (χ0n) is 17.5. The normalized spacial score (nSPS) is 11.4. The Morgan fingerprint density at radius 3 is 2.42 bits per heavy atom. The maximum atomic E-state index is 14.9. The first-order valence-electron chi connectivity index (χ1n) is 9.63. The van der Waals surface area contributed by atoms with E-state index in [9.17, 15) is 18.4 Å². The van der Waals surface area contributed by atoms with Crippen molar-refractivity contribution in [1.82, 2.24) is 10.3 Å². The van der Waals surface area contributed by atoms with Crippen molar-refractivity contribution >= 4 is 22.6 Å². The molecule has 1 amide bonds. The molecule has 3 rings (SSSR count). The van der Waals surface area contributed by atoms with E-state index >= 15 is 0 Å². The van der Waals surface area contributed by atoms with Crippen LogP contribution in [0.3, 0.4) is 0 Å². The number of nitrogens with zero attached hydrogens (tertiary/aromatic N) is 1. The minimum Gasteiger partial charge on any atom is -0.478 e. The molecule has 0 aliphatic heterocycles. The lowest BCUT2D eigenvalue weighted by molar-refractivity contribution is 0.103. The summed E-state index contributed by atoms with van der Waals surface area (Å²) in [5.41, 5.74) is -1.14. The molecule has 6 nitrogen and oxygen atoms in total. The minimum atomic E-state index is -1.34. The minimum absolute atomic E-state index is 0.0541. The van der Waals surface area contributed by atoms with Gasteiger partial charge in [0.1, 0.15) is 11.6 Å². The number of fused-ring (bicyclic) bond motifs is 1. The van der Waals surface area contributed by atoms with Crippen molar-refractivity contribution in [2.24, 2.45) is 0 Å². The quantitative estimate of drug-likeness (QED) is 0.542. The van der Waals surface area contributed by atoms with Crippen molar-refractivity contribution in [2.75, 3.05) is 6.61 Å². The van der Waals surface area contributed by atoms with Crippen LogP contribution in [-0.2, 0) is 5.54 Å². The fraction of sp³-hybridized carbons (Fsp3) is 0.261. The Labute approximate surface area is 177 Å². The van der Waals surface area contributed by atoms with Crippen LogP contribution in [0.1, 0.15) is 47.8 Å². The lowest BCUT2D eigenvalue weighted by Crippen LogP contribution is -2.40. The molecule has 0 saturated carbocycles. The zero-order valence-corrected chi connectivity index (χ0v) is 17.5. The summed E-state index contributed by atoms with van der Waals surface area (Å²) in [6.45, 7) is 6.85. The van der Waals surface area contributed by atoms with Crippen LogP contribution in [0.25, 0.3) is 10.8 Å². The number of carbonyl (C=O) groups is 2. The van der Waals surface area contributed by atoms with Crippen molar-refractivity contribution in [3.05, 3.63) is 70.4 Å². The van der Waals surface area contributed by atoms with Crippen LogP contribution in [0.15, 0.2) is 36.5 Å². The molecule has 0 fully saturated rings. The molecule has 0 atom stereocenters. The molecule has 31 heavy (non-hydrogen) atoms. The van der Waals surface area contributed by atoms with Crippen LogP contribution in [0.2, 0.25) is 0 Å². The summed E-state index contributed by atoms with van der Waals surface area (Å²) in [5.74, 6) is -2.65. The van der Waals surface area contributed by atoms with E-state index in [1.165, 1.54) is 19.9 Å². The number of aromatic nitrogens is 1. The van der Waals surface area contributed by atoms with Gasteiger partial charge in [0.25, 0.3) is 0 Å². The Morgan fingerprint density at radius 1 is 1.19 bits per heavy atom. The Hall–Kier alpha value is -3.55. The number of rotatable bonds is 6. The highest BCUT2D eigenvalue weighted by Gasteiger charge is 2.28. The first-order chi connectivity index (χ1) is 14.6. The third-order valence-electron chi connectivity index (χ3n) is 5.00. The van der Waals surface area contributed by atoms with E-state index in [4.69, 9.17) is 9.84 Å². The van der Waals surface area contributed by atoms with Gasteiger partial charge in [-0.3, -0.25) is 4.79 Å². The zero-order chi connectivity index (χ0) is 22.9. The molecule has 0 unspecified atom stereocenters. The molecule has 0 spiro atoms. The number of halogens is 2. The van der Waals surface area contributed by atoms with Crippen LogP contribution >= 0.6 is 0 Å². The molecular formula is C23H22F2N2O4. The van der Waals surface area contributed by atoms with Gasteiger partial charge in [-0.15, -0.1) is 0 Å². The summed E-state index contributed by atoms with van der Waals surface area (Å²) < 4.78 is 35.4. The van der Waals surface area contributed by atoms with Gasteiger partial charge in [0, 0.05) is 22.5 Å². The summed E-state index contributed by atoms with van der Waals surface area (Å²) >= 11 is 0. The Kier molecular flexibility index (Phi) is 5.92. The molecule has 2 aromatic carbocycles. The lowest BCUT2D eigenvalue weighted by atomic mass is 9.90. The Morgan fingerprint density at radius 2 is 1.84 bits per heavy atom. The molecule has 0 aliphatic rings. The van der Waals surface area contributed by atoms with Crippen molar-refractivity contribution in [3.63, 3.8) is 0 Å². The number of nitrogens with one attached hydrogen (secondary N) is 1. The topological polar surface area (TPSA) is 88.5 Å². The van der Waals surface area contributed by atoms with Crippen LogP contribution < -0.4 is 10.1 Å². The number of ketones is 1.